The minimum Gasteiger partial charge on any atom is -0.495 e. The van der Waals surface area contributed by atoms with Crippen molar-refractivity contribution in [3.63, 3.8) is 0 Å². The Morgan fingerprint density at radius 2 is 2.06 bits per heavy atom. The van der Waals surface area contributed by atoms with Gasteiger partial charge in [0.25, 0.3) is 0 Å². The van der Waals surface area contributed by atoms with Crippen LogP contribution in [0.4, 0.5) is 10.5 Å². The average Bonchev–Trinajstić information content (AvgIpc) is 2.40. The molecule has 0 saturated carbocycles. The Labute approximate surface area is 107 Å². The third-order valence-electron chi connectivity index (χ3n) is 3.03. The second-order valence-electron chi connectivity index (χ2n) is 4.32. The number of methoxy groups -OCH3 is 1. The highest BCUT2D eigenvalue weighted by Gasteiger charge is 2.15. The predicted octanol–water partition coefficient (Wildman–Crippen LogP) is 1.57. The maximum absolute atomic E-state index is 11.9. The van der Waals surface area contributed by atoms with E-state index in [0.717, 1.165) is 25.9 Å². The molecule has 5 heteroatoms. The number of rotatable bonds is 3. The number of amides is 2. The molecule has 0 aliphatic carbocycles. The van der Waals surface area contributed by atoms with Gasteiger partial charge in [-0.05, 0) is 38.1 Å². The van der Waals surface area contributed by atoms with Crippen LogP contribution in [-0.4, -0.2) is 32.3 Å². The maximum atomic E-state index is 11.9. The van der Waals surface area contributed by atoms with Crippen LogP contribution in [0, 0.1) is 0 Å². The molecule has 1 saturated heterocycles. The molecule has 0 atom stereocenters. The second kappa shape index (κ2) is 6.26. The number of piperidine rings is 1. The van der Waals surface area contributed by atoms with Crippen LogP contribution >= 0.6 is 0 Å². The van der Waals surface area contributed by atoms with Crippen molar-refractivity contribution in [3.8, 4) is 5.75 Å². The number of nitrogens with one attached hydrogen (secondary N) is 3. The van der Waals surface area contributed by atoms with Crippen molar-refractivity contribution in [1.82, 2.24) is 10.6 Å². The molecule has 0 spiro atoms. The smallest absolute Gasteiger partial charge is 0.319 e. The van der Waals surface area contributed by atoms with Gasteiger partial charge in [0.1, 0.15) is 5.75 Å². The third kappa shape index (κ3) is 3.37. The number of ether oxygens (including phenoxy) is 1. The van der Waals surface area contributed by atoms with E-state index in [2.05, 4.69) is 16.0 Å². The third-order valence-corrected chi connectivity index (χ3v) is 3.03. The number of hydrogen-bond donors (Lipinski definition) is 3. The first kappa shape index (κ1) is 12.7. The first-order valence-corrected chi connectivity index (χ1v) is 6.21. The van der Waals surface area contributed by atoms with Gasteiger partial charge in [0, 0.05) is 6.04 Å². The van der Waals surface area contributed by atoms with Gasteiger partial charge in [-0.2, -0.15) is 0 Å². The summed E-state index contributed by atoms with van der Waals surface area (Å²) in [5.74, 6) is 0.665. The quantitative estimate of drug-likeness (QED) is 0.762. The fourth-order valence-corrected chi connectivity index (χ4v) is 2.06. The molecule has 1 aromatic carbocycles. The molecule has 0 bridgehead atoms. The standard InChI is InChI=1S/C13H19N3O2/c1-18-12-5-3-2-4-11(12)16-13(17)15-10-6-8-14-9-7-10/h2-5,10,14H,6-9H2,1H3,(H2,15,16,17). The van der Waals surface area contributed by atoms with Gasteiger partial charge in [0.15, 0.2) is 0 Å². The van der Waals surface area contributed by atoms with Crippen molar-refractivity contribution >= 4 is 11.7 Å². The van der Waals surface area contributed by atoms with Gasteiger partial charge in [-0.1, -0.05) is 12.1 Å². The molecule has 0 unspecified atom stereocenters. The van der Waals surface area contributed by atoms with Crippen molar-refractivity contribution in [2.45, 2.75) is 18.9 Å². The summed E-state index contributed by atoms with van der Waals surface area (Å²) in [4.78, 5) is 11.9. The van der Waals surface area contributed by atoms with E-state index in [1.54, 1.807) is 7.11 Å². The summed E-state index contributed by atoms with van der Waals surface area (Å²) < 4.78 is 5.18. The summed E-state index contributed by atoms with van der Waals surface area (Å²) in [6, 6.07) is 7.45. The molecule has 2 amide bonds. The zero-order chi connectivity index (χ0) is 12.8. The largest absolute Gasteiger partial charge is 0.495 e. The Balaban J connectivity index is 1.90. The van der Waals surface area contributed by atoms with E-state index in [-0.39, 0.29) is 12.1 Å². The summed E-state index contributed by atoms with van der Waals surface area (Å²) in [6.45, 7) is 1.92. The summed E-state index contributed by atoms with van der Waals surface area (Å²) in [6.07, 6.45) is 1.94. The summed E-state index contributed by atoms with van der Waals surface area (Å²) in [7, 11) is 1.59. The van der Waals surface area contributed by atoms with Gasteiger partial charge < -0.3 is 20.7 Å². The van der Waals surface area contributed by atoms with E-state index in [1.165, 1.54) is 0 Å². The Bertz CT molecular complexity index is 403. The van der Waals surface area contributed by atoms with E-state index in [1.807, 2.05) is 24.3 Å². The molecule has 2 rings (SSSR count). The van der Waals surface area contributed by atoms with Gasteiger partial charge in [-0.3, -0.25) is 0 Å². The normalized spacial score (nSPS) is 16.1. The molecule has 1 aliphatic heterocycles. The Morgan fingerprint density at radius 3 is 2.78 bits per heavy atom. The topological polar surface area (TPSA) is 62.4 Å². The lowest BCUT2D eigenvalue weighted by atomic mass is 10.1. The molecular weight excluding hydrogens is 230 g/mol. The number of anilines is 1. The molecule has 1 aliphatic rings. The predicted molar refractivity (Wildman–Crippen MR) is 71.0 cm³/mol. The molecule has 98 valence electrons. The van der Waals surface area contributed by atoms with Crippen LogP contribution in [-0.2, 0) is 0 Å². The van der Waals surface area contributed by atoms with Gasteiger partial charge in [0.2, 0.25) is 0 Å². The van der Waals surface area contributed by atoms with E-state index in [4.69, 9.17) is 4.74 Å². The monoisotopic (exact) mass is 249 g/mol. The molecule has 18 heavy (non-hydrogen) atoms. The summed E-state index contributed by atoms with van der Waals surface area (Å²) >= 11 is 0. The van der Waals surface area contributed by atoms with Crippen LogP contribution < -0.4 is 20.7 Å². The fourth-order valence-electron chi connectivity index (χ4n) is 2.06. The van der Waals surface area contributed by atoms with Crippen molar-refractivity contribution < 1.29 is 9.53 Å². The number of para-hydroxylation sites is 2. The van der Waals surface area contributed by atoms with Gasteiger partial charge in [-0.25, -0.2) is 4.79 Å². The minimum absolute atomic E-state index is 0.175. The highest BCUT2D eigenvalue weighted by atomic mass is 16.5. The number of benzene rings is 1. The zero-order valence-electron chi connectivity index (χ0n) is 10.5. The van der Waals surface area contributed by atoms with Crippen LogP contribution in [0.5, 0.6) is 5.75 Å². The van der Waals surface area contributed by atoms with Crippen LogP contribution in [0.2, 0.25) is 0 Å². The first-order valence-electron chi connectivity index (χ1n) is 6.21. The van der Waals surface area contributed by atoms with Gasteiger partial charge >= 0.3 is 6.03 Å². The molecule has 1 aromatic rings. The van der Waals surface area contributed by atoms with Crippen LogP contribution in [0.3, 0.4) is 0 Å². The molecule has 3 N–H and O–H groups in total. The minimum atomic E-state index is -0.175. The average molecular weight is 249 g/mol. The molecule has 0 radical (unpaired) electrons. The molecular formula is C13H19N3O2. The fraction of sp³-hybridized carbons (Fsp3) is 0.462. The van der Waals surface area contributed by atoms with Crippen molar-refractivity contribution in [2.24, 2.45) is 0 Å². The maximum Gasteiger partial charge on any atom is 0.319 e. The Kier molecular flexibility index (Phi) is 4.41. The van der Waals surface area contributed by atoms with Crippen molar-refractivity contribution in [2.75, 3.05) is 25.5 Å². The number of carbonyl (C=O) groups is 1. The van der Waals surface area contributed by atoms with Crippen LogP contribution in [0.25, 0.3) is 0 Å². The van der Waals surface area contributed by atoms with Gasteiger partial charge in [-0.15, -0.1) is 0 Å². The number of urea groups is 1. The van der Waals surface area contributed by atoms with E-state index in [9.17, 15) is 4.79 Å². The number of carbonyl (C=O) groups excluding carboxylic acids is 1. The lowest BCUT2D eigenvalue weighted by Crippen LogP contribution is -2.44. The van der Waals surface area contributed by atoms with Crippen LogP contribution in [0.1, 0.15) is 12.8 Å². The zero-order valence-corrected chi connectivity index (χ0v) is 10.5. The number of hydrogen-bond acceptors (Lipinski definition) is 3. The lowest BCUT2D eigenvalue weighted by molar-refractivity contribution is 0.245. The highest BCUT2D eigenvalue weighted by Crippen LogP contribution is 2.22. The molecule has 1 fully saturated rings. The van der Waals surface area contributed by atoms with Crippen molar-refractivity contribution in [1.29, 1.82) is 0 Å². The van der Waals surface area contributed by atoms with E-state index < -0.39 is 0 Å². The summed E-state index contributed by atoms with van der Waals surface area (Å²) in [5.41, 5.74) is 0.687. The Morgan fingerprint density at radius 1 is 1.33 bits per heavy atom. The van der Waals surface area contributed by atoms with Crippen molar-refractivity contribution in [3.05, 3.63) is 24.3 Å². The lowest BCUT2D eigenvalue weighted by Gasteiger charge is -2.23. The van der Waals surface area contributed by atoms with Crippen LogP contribution in [0.15, 0.2) is 24.3 Å². The molecule has 0 aromatic heterocycles. The molecule has 1 heterocycles. The highest BCUT2D eigenvalue weighted by molar-refractivity contribution is 5.91. The SMILES string of the molecule is COc1ccccc1NC(=O)NC1CCNCC1. The van der Waals surface area contributed by atoms with Gasteiger partial charge in [0.05, 0.1) is 12.8 Å². The van der Waals surface area contributed by atoms with E-state index in [0.29, 0.717) is 11.4 Å². The first-order chi connectivity index (χ1) is 8.79. The Hall–Kier alpha value is -1.75. The second-order valence-corrected chi connectivity index (χ2v) is 4.32. The summed E-state index contributed by atoms with van der Waals surface area (Å²) in [5, 5.41) is 9.05. The van der Waals surface area contributed by atoms with E-state index >= 15 is 0 Å². The molecule has 5 nitrogen and oxygen atoms in total.